The lowest BCUT2D eigenvalue weighted by molar-refractivity contribution is -0.116. The third kappa shape index (κ3) is 3.56. The maximum absolute atomic E-state index is 12.5. The van der Waals surface area contributed by atoms with E-state index in [2.05, 4.69) is 4.72 Å². The lowest BCUT2D eigenvalue weighted by atomic mass is 10.2. The standard InChI is InChI=1S/C14H20N2O5S2/c1-4-11(3)15-23(20,21)13-9-12(6-5-10(13)2)16-14(17)7-8-22(16,18)19/h5-6,9,11,15H,4,7-8H2,1-3H3. The Hall–Kier alpha value is -1.45. The number of carbonyl (C=O) groups is 1. The Labute approximate surface area is 136 Å². The fraction of sp³-hybridized carbons (Fsp3) is 0.500. The topological polar surface area (TPSA) is 101 Å². The van der Waals surface area contributed by atoms with Crippen LogP contribution >= 0.6 is 0 Å². The molecule has 23 heavy (non-hydrogen) atoms. The lowest BCUT2D eigenvalue weighted by Gasteiger charge is -2.18. The number of nitrogens with zero attached hydrogens (tertiary/aromatic N) is 1. The number of aryl methyl sites for hydroxylation is 1. The smallest absolute Gasteiger partial charge is 0.242 e. The van der Waals surface area contributed by atoms with Crippen LogP contribution in [0.4, 0.5) is 5.69 Å². The molecule has 1 saturated heterocycles. The van der Waals surface area contributed by atoms with Gasteiger partial charge in [-0.2, -0.15) is 0 Å². The summed E-state index contributed by atoms with van der Waals surface area (Å²) in [6.07, 6.45) is 0.528. The van der Waals surface area contributed by atoms with Crippen LogP contribution in [0.15, 0.2) is 23.1 Å². The molecule has 1 atom stereocenters. The van der Waals surface area contributed by atoms with E-state index in [4.69, 9.17) is 0 Å². The third-order valence-electron chi connectivity index (χ3n) is 3.74. The van der Waals surface area contributed by atoms with Gasteiger partial charge in [-0.3, -0.25) is 4.79 Å². The molecule has 1 N–H and O–H groups in total. The second-order valence-corrected chi connectivity index (χ2v) is 9.22. The Morgan fingerprint density at radius 2 is 2.00 bits per heavy atom. The van der Waals surface area contributed by atoms with E-state index in [1.165, 1.54) is 18.2 Å². The molecule has 7 nitrogen and oxygen atoms in total. The van der Waals surface area contributed by atoms with Crippen LogP contribution in [0.3, 0.4) is 0 Å². The summed E-state index contributed by atoms with van der Waals surface area (Å²) < 4.78 is 52.1. The zero-order chi connectivity index (χ0) is 17.4. The van der Waals surface area contributed by atoms with Crippen LogP contribution in [-0.2, 0) is 24.8 Å². The van der Waals surface area contributed by atoms with Crippen LogP contribution < -0.4 is 9.03 Å². The first-order valence-corrected chi connectivity index (χ1v) is 10.4. The van der Waals surface area contributed by atoms with Gasteiger partial charge in [-0.1, -0.05) is 13.0 Å². The molecule has 0 bridgehead atoms. The van der Waals surface area contributed by atoms with Crippen LogP contribution in [0, 0.1) is 6.92 Å². The van der Waals surface area contributed by atoms with Gasteiger partial charge in [-0.15, -0.1) is 0 Å². The minimum absolute atomic E-state index is 0.0230. The summed E-state index contributed by atoms with van der Waals surface area (Å²) in [6.45, 7) is 5.21. The summed E-state index contributed by atoms with van der Waals surface area (Å²) in [6, 6.07) is 3.93. The van der Waals surface area contributed by atoms with Crippen molar-refractivity contribution in [3.05, 3.63) is 23.8 Å². The molecule has 1 aromatic carbocycles. The minimum atomic E-state index is -3.79. The SMILES string of the molecule is CCC(C)NS(=O)(=O)c1cc(N2C(=O)CCS2(=O)=O)ccc1C. The quantitative estimate of drug-likeness (QED) is 0.848. The van der Waals surface area contributed by atoms with Gasteiger partial charge in [-0.05, 0) is 38.0 Å². The molecule has 128 valence electrons. The van der Waals surface area contributed by atoms with Crippen LogP contribution in [-0.4, -0.2) is 34.5 Å². The number of sulfonamides is 2. The lowest BCUT2D eigenvalue weighted by Crippen LogP contribution is -2.33. The predicted molar refractivity (Wildman–Crippen MR) is 87.1 cm³/mol. The van der Waals surface area contributed by atoms with Gasteiger partial charge in [-0.25, -0.2) is 25.9 Å². The summed E-state index contributed by atoms with van der Waals surface area (Å²) in [5.74, 6) is -0.806. The molecular weight excluding hydrogens is 340 g/mol. The molecule has 9 heteroatoms. The van der Waals surface area contributed by atoms with Crippen molar-refractivity contribution in [1.29, 1.82) is 0 Å². The first kappa shape index (κ1) is 17.9. The van der Waals surface area contributed by atoms with E-state index in [-0.39, 0.29) is 28.8 Å². The average molecular weight is 360 g/mol. The van der Waals surface area contributed by atoms with Crippen LogP contribution in [0.25, 0.3) is 0 Å². The van der Waals surface area contributed by atoms with Crippen molar-refractivity contribution in [1.82, 2.24) is 4.72 Å². The maximum atomic E-state index is 12.5. The number of nitrogens with one attached hydrogen (secondary N) is 1. The fourth-order valence-electron chi connectivity index (χ4n) is 2.29. The number of hydrogen-bond acceptors (Lipinski definition) is 5. The van der Waals surface area contributed by atoms with Gasteiger partial charge in [0.25, 0.3) is 0 Å². The van der Waals surface area contributed by atoms with E-state index < -0.39 is 26.0 Å². The van der Waals surface area contributed by atoms with Crippen molar-refractivity contribution < 1.29 is 21.6 Å². The highest BCUT2D eigenvalue weighted by atomic mass is 32.2. The first-order valence-electron chi connectivity index (χ1n) is 7.27. The highest BCUT2D eigenvalue weighted by Crippen LogP contribution is 2.29. The Morgan fingerprint density at radius 3 is 2.52 bits per heavy atom. The van der Waals surface area contributed by atoms with Crippen molar-refractivity contribution in [3.63, 3.8) is 0 Å². The molecule has 0 aromatic heterocycles. The Kier molecular flexibility index (Phi) is 4.84. The normalized spacial score (nSPS) is 19.1. The molecule has 0 radical (unpaired) electrons. The second kappa shape index (κ2) is 6.21. The summed E-state index contributed by atoms with van der Waals surface area (Å²) >= 11 is 0. The number of amides is 1. The molecule has 1 amide bonds. The fourth-order valence-corrected chi connectivity index (χ4v) is 5.33. The van der Waals surface area contributed by atoms with Crippen molar-refractivity contribution in [2.75, 3.05) is 10.1 Å². The Bertz CT molecular complexity index is 831. The van der Waals surface area contributed by atoms with Crippen LogP contribution in [0.2, 0.25) is 0 Å². The van der Waals surface area contributed by atoms with E-state index in [0.29, 0.717) is 16.3 Å². The van der Waals surface area contributed by atoms with Crippen LogP contribution in [0.5, 0.6) is 0 Å². The Balaban J connectivity index is 2.50. The number of rotatable bonds is 5. The van der Waals surface area contributed by atoms with E-state index in [1.54, 1.807) is 13.8 Å². The summed E-state index contributed by atoms with van der Waals surface area (Å²) in [5, 5.41) is 0. The number of hydrogen-bond donors (Lipinski definition) is 1. The van der Waals surface area contributed by atoms with Gasteiger partial charge < -0.3 is 0 Å². The molecule has 1 unspecified atom stereocenters. The van der Waals surface area contributed by atoms with Crippen molar-refractivity contribution >= 4 is 31.6 Å². The molecule has 1 heterocycles. The number of benzene rings is 1. The van der Waals surface area contributed by atoms with Gasteiger partial charge in [0.05, 0.1) is 16.3 Å². The molecule has 0 aliphatic carbocycles. The summed E-state index contributed by atoms with van der Waals surface area (Å²) in [4.78, 5) is 11.8. The molecule has 0 spiro atoms. The second-order valence-electron chi connectivity index (χ2n) is 5.60. The van der Waals surface area contributed by atoms with E-state index in [1.807, 2.05) is 6.92 Å². The third-order valence-corrected chi connectivity index (χ3v) is 7.17. The first-order chi connectivity index (χ1) is 10.6. The van der Waals surface area contributed by atoms with Gasteiger partial charge in [0.1, 0.15) is 0 Å². The van der Waals surface area contributed by atoms with Gasteiger partial charge in [0, 0.05) is 12.5 Å². The Morgan fingerprint density at radius 1 is 1.35 bits per heavy atom. The van der Waals surface area contributed by atoms with Gasteiger partial charge in [0.15, 0.2) is 0 Å². The summed E-state index contributed by atoms with van der Waals surface area (Å²) in [7, 11) is -7.52. The van der Waals surface area contributed by atoms with Gasteiger partial charge in [0.2, 0.25) is 26.0 Å². The van der Waals surface area contributed by atoms with E-state index in [9.17, 15) is 21.6 Å². The minimum Gasteiger partial charge on any atom is -0.273 e. The van der Waals surface area contributed by atoms with E-state index in [0.717, 1.165) is 0 Å². The molecule has 1 aliphatic heterocycles. The van der Waals surface area contributed by atoms with Crippen LogP contribution in [0.1, 0.15) is 32.3 Å². The predicted octanol–water partition coefficient (Wildman–Crippen LogP) is 1.14. The zero-order valence-corrected chi connectivity index (χ0v) is 14.9. The number of carbonyl (C=O) groups excluding carboxylic acids is 1. The average Bonchev–Trinajstić information content (AvgIpc) is 2.72. The molecule has 1 aliphatic rings. The molecule has 1 fully saturated rings. The maximum Gasteiger partial charge on any atom is 0.242 e. The monoisotopic (exact) mass is 360 g/mol. The van der Waals surface area contributed by atoms with Crippen molar-refractivity contribution in [2.24, 2.45) is 0 Å². The highest BCUT2D eigenvalue weighted by molar-refractivity contribution is 7.94. The van der Waals surface area contributed by atoms with Gasteiger partial charge >= 0.3 is 0 Å². The number of anilines is 1. The largest absolute Gasteiger partial charge is 0.273 e. The highest BCUT2D eigenvalue weighted by Gasteiger charge is 2.37. The molecule has 0 saturated carbocycles. The van der Waals surface area contributed by atoms with Crippen molar-refractivity contribution in [3.8, 4) is 0 Å². The van der Waals surface area contributed by atoms with Crippen molar-refractivity contribution in [2.45, 2.75) is 44.6 Å². The van der Waals surface area contributed by atoms with E-state index >= 15 is 0 Å². The molecule has 2 rings (SSSR count). The summed E-state index contributed by atoms with van der Waals surface area (Å²) in [5.41, 5.74) is 0.538. The molecule has 1 aromatic rings. The zero-order valence-electron chi connectivity index (χ0n) is 13.2. The molecular formula is C14H20N2O5S2.